The summed E-state index contributed by atoms with van der Waals surface area (Å²) in [5, 5.41) is 17.1. The van der Waals surface area contributed by atoms with Gasteiger partial charge >= 0.3 is 11.9 Å². The van der Waals surface area contributed by atoms with Crippen LogP contribution in [0.15, 0.2) is 0 Å². The van der Waals surface area contributed by atoms with E-state index in [1.807, 2.05) is 0 Å². The molecule has 0 bridgehead atoms. The first-order valence-electron chi connectivity index (χ1n) is 4.34. The number of carbonyl (C=O) groups is 2. The third kappa shape index (κ3) is 7.50. The molecule has 16 heavy (non-hydrogen) atoms. The second-order valence-electron chi connectivity index (χ2n) is 2.78. The molecule has 0 radical (unpaired) electrons. The first-order valence-corrected chi connectivity index (χ1v) is 4.34. The lowest BCUT2D eigenvalue weighted by atomic mass is 10.2. The number of nitrogens with two attached hydrogens (primary N) is 1. The van der Waals surface area contributed by atoms with Crippen molar-refractivity contribution >= 4 is 11.9 Å². The molecule has 9 heteroatoms. The average Bonchev–Trinajstić information content (AvgIpc) is 2.15. The molecule has 0 amide bonds. The summed E-state index contributed by atoms with van der Waals surface area (Å²) in [6, 6.07) is -1.23. The van der Waals surface area contributed by atoms with Gasteiger partial charge in [-0.2, -0.15) is 0 Å². The molecule has 0 aliphatic rings. The number of carboxylic acid groups (broad SMARTS) is 1. The molecule has 1 atom stereocenters. The normalized spacial score (nSPS) is 11.6. The van der Waals surface area contributed by atoms with Crippen molar-refractivity contribution in [1.82, 2.24) is 0 Å². The van der Waals surface area contributed by atoms with Crippen molar-refractivity contribution < 1.29 is 29.4 Å². The molecule has 9 nitrogen and oxygen atoms in total. The number of aliphatic carboxylic acids is 1. The number of hydrogen-bond donors (Lipinski definition) is 2. The van der Waals surface area contributed by atoms with E-state index in [0.29, 0.717) is 0 Å². The average molecular weight is 236 g/mol. The van der Waals surface area contributed by atoms with Crippen molar-refractivity contribution in [2.75, 3.05) is 13.2 Å². The van der Waals surface area contributed by atoms with Crippen LogP contribution in [0.4, 0.5) is 0 Å². The molecule has 0 aliphatic carbocycles. The van der Waals surface area contributed by atoms with E-state index in [9.17, 15) is 19.7 Å². The van der Waals surface area contributed by atoms with Crippen LogP contribution in [-0.4, -0.2) is 41.4 Å². The van der Waals surface area contributed by atoms with E-state index < -0.39 is 29.5 Å². The maximum Gasteiger partial charge on any atom is 0.323 e. The second kappa shape index (κ2) is 7.40. The third-order valence-corrected chi connectivity index (χ3v) is 1.43. The Morgan fingerprint density at radius 3 is 2.56 bits per heavy atom. The van der Waals surface area contributed by atoms with Crippen LogP contribution in [-0.2, 0) is 19.2 Å². The largest absolute Gasteiger partial charge is 0.481 e. The first-order chi connectivity index (χ1) is 7.43. The van der Waals surface area contributed by atoms with E-state index in [4.69, 9.17) is 10.8 Å². The summed E-state index contributed by atoms with van der Waals surface area (Å²) in [5.41, 5.74) is 5.19. The molecule has 0 spiro atoms. The maximum absolute atomic E-state index is 11.0. The van der Waals surface area contributed by atoms with E-state index in [2.05, 4.69) is 9.57 Å². The molecular weight excluding hydrogens is 224 g/mol. The molecule has 0 fully saturated rings. The Bertz CT molecular complexity index is 267. The SMILES string of the molecule is NC(CC(=O)O)C(=O)OCCCO[N+](=O)[O-]. The van der Waals surface area contributed by atoms with Gasteiger partial charge in [-0.15, -0.1) is 10.1 Å². The number of rotatable bonds is 8. The van der Waals surface area contributed by atoms with Crippen molar-refractivity contribution in [3.63, 3.8) is 0 Å². The number of esters is 1. The molecule has 3 N–H and O–H groups in total. The molecular formula is C7H12N2O7. The Kier molecular flexibility index (Phi) is 6.52. The number of carbonyl (C=O) groups excluding carboxylic acids is 1. The van der Waals surface area contributed by atoms with Gasteiger partial charge in [0.15, 0.2) is 0 Å². The van der Waals surface area contributed by atoms with E-state index in [0.717, 1.165) is 0 Å². The summed E-state index contributed by atoms with van der Waals surface area (Å²) >= 11 is 0. The summed E-state index contributed by atoms with van der Waals surface area (Å²) in [7, 11) is 0. The van der Waals surface area contributed by atoms with Crippen molar-refractivity contribution in [2.24, 2.45) is 5.73 Å². The fourth-order valence-corrected chi connectivity index (χ4v) is 0.749. The van der Waals surface area contributed by atoms with Crippen LogP contribution in [0.5, 0.6) is 0 Å². The lowest BCUT2D eigenvalue weighted by molar-refractivity contribution is -0.757. The third-order valence-electron chi connectivity index (χ3n) is 1.43. The number of carboxylic acids is 1. The number of hydrogen-bond acceptors (Lipinski definition) is 7. The van der Waals surface area contributed by atoms with Crippen LogP contribution in [0.3, 0.4) is 0 Å². The minimum atomic E-state index is -1.23. The molecule has 0 rings (SSSR count). The molecule has 92 valence electrons. The Labute approximate surface area is 90.2 Å². The van der Waals surface area contributed by atoms with Gasteiger partial charge < -0.3 is 20.4 Å². The predicted molar refractivity (Wildman–Crippen MR) is 48.8 cm³/mol. The van der Waals surface area contributed by atoms with Gasteiger partial charge in [-0.3, -0.25) is 9.59 Å². The molecule has 0 aromatic heterocycles. The van der Waals surface area contributed by atoms with Gasteiger partial charge in [-0.1, -0.05) is 0 Å². The van der Waals surface area contributed by atoms with Crippen LogP contribution >= 0.6 is 0 Å². The molecule has 0 saturated carbocycles. The highest BCUT2D eigenvalue weighted by atomic mass is 16.9. The summed E-state index contributed by atoms with van der Waals surface area (Å²) in [6.07, 6.45) is -0.392. The second-order valence-corrected chi connectivity index (χ2v) is 2.78. The molecule has 0 aromatic rings. The number of nitrogens with zero attached hydrogens (tertiary/aromatic N) is 1. The summed E-state index contributed by atoms with van der Waals surface area (Å²) in [6.45, 7) is -0.311. The summed E-state index contributed by atoms with van der Waals surface area (Å²) < 4.78 is 4.56. The van der Waals surface area contributed by atoms with Crippen molar-refractivity contribution in [1.29, 1.82) is 0 Å². The zero-order valence-corrected chi connectivity index (χ0v) is 8.33. The van der Waals surface area contributed by atoms with E-state index >= 15 is 0 Å². The van der Waals surface area contributed by atoms with Crippen LogP contribution in [0, 0.1) is 10.1 Å². The monoisotopic (exact) mass is 236 g/mol. The van der Waals surface area contributed by atoms with Crippen LogP contribution in [0.25, 0.3) is 0 Å². The standard InChI is InChI=1S/C7H12N2O7/c8-5(4-6(10)11)7(12)15-2-1-3-16-9(13)14/h5H,1-4,8H2,(H,10,11). The molecule has 1 unspecified atom stereocenters. The fraction of sp³-hybridized carbons (Fsp3) is 0.714. The highest BCUT2D eigenvalue weighted by Crippen LogP contribution is 1.94. The quantitative estimate of drug-likeness (QED) is 0.235. The summed E-state index contributed by atoms with van der Waals surface area (Å²) in [5.74, 6) is -2.07. The van der Waals surface area contributed by atoms with Gasteiger partial charge in [0.1, 0.15) is 6.04 Å². The highest BCUT2D eigenvalue weighted by molar-refractivity contribution is 5.81. The molecule has 0 heterocycles. The highest BCUT2D eigenvalue weighted by Gasteiger charge is 2.18. The van der Waals surface area contributed by atoms with E-state index in [1.54, 1.807) is 0 Å². The van der Waals surface area contributed by atoms with Gasteiger partial charge in [0, 0.05) is 6.42 Å². The van der Waals surface area contributed by atoms with E-state index in [1.165, 1.54) is 0 Å². The van der Waals surface area contributed by atoms with Crippen LogP contribution in [0.1, 0.15) is 12.8 Å². The topological polar surface area (TPSA) is 142 Å². The van der Waals surface area contributed by atoms with Gasteiger partial charge in [-0.25, -0.2) is 0 Å². The van der Waals surface area contributed by atoms with E-state index in [-0.39, 0.29) is 19.6 Å². The Hall–Kier alpha value is -1.90. The zero-order chi connectivity index (χ0) is 12.6. The predicted octanol–water partition coefficient (Wildman–Crippen LogP) is -1.07. The smallest absolute Gasteiger partial charge is 0.323 e. The van der Waals surface area contributed by atoms with Crippen molar-refractivity contribution in [3.8, 4) is 0 Å². The minimum Gasteiger partial charge on any atom is -0.481 e. The zero-order valence-electron chi connectivity index (χ0n) is 8.33. The molecule has 0 saturated heterocycles. The van der Waals surface area contributed by atoms with Gasteiger partial charge in [0.05, 0.1) is 19.6 Å². The molecule has 0 aromatic carbocycles. The van der Waals surface area contributed by atoms with Gasteiger partial charge in [-0.05, 0) is 0 Å². The Morgan fingerprint density at radius 2 is 2.06 bits per heavy atom. The lowest BCUT2D eigenvalue weighted by Gasteiger charge is -2.08. The Balaban J connectivity index is 3.57. The number of ether oxygens (including phenoxy) is 1. The maximum atomic E-state index is 11.0. The van der Waals surface area contributed by atoms with Crippen molar-refractivity contribution in [2.45, 2.75) is 18.9 Å². The first kappa shape index (κ1) is 14.1. The van der Waals surface area contributed by atoms with Crippen LogP contribution in [0.2, 0.25) is 0 Å². The van der Waals surface area contributed by atoms with Crippen molar-refractivity contribution in [3.05, 3.63) is 10.1 Å². The summed E-state index contributed by atoms with van der Waals surface area (Å²) in [4.78, 5) is 34.8. The molecule has 0 aliphatic heterocycles. The lowest BCUT2D eigenvalue weighted by Crippen LogP contribution is -2.34. The fourth-order valence-electron chi connectivity index (χ4n) is 0.749. The Morgan fingerprint density at radius 1 is 1.44 bits per heavy atom. The van der Waals surface area contributed by atoms with Gasteiger partial charge in [0.25, 0.3) is 5.09 Å². The van der Waals surface area contributed by atoms with Crippen LogP contribution < -0.4 is 5.73 Å². The van der Waals surface area contributed by atoms with Gasteiger partial charge in [0.2, 0.25) is 0 Å². The minimum absolute atomic E-state index is 0.111.